The van der Waals surface area contributed by atoms with Gasteiger partial charge < -0.3 is 9.84 Å². The maximum atomic E-state index is 10.9. The largest absolute Gasteiger partial charge is 0.487 e. The van der Waals surface area contributed by atoms with Gasteiger partial charge in [0.15, 0.2) is 0 Å². The molecule has 0 unspecified atom stereocenters. The number of carbonyl (C=O) groups is 1. The van der Waals surface area contributed by atoms with Crippen LogP contribution in [0.4, 0.5) is 0 Å². The lowest BCUT2D eigenvalue weighted by molar-refractivity contribution is -0.136. The number of fused-ring (bicyclic) bond motifs is 1. The summed E-state index contributed by atoms with van der Waals surface area (Å²) in [5.41, 5.74) is 4.27. The summed E-state index contributed by atoms with van der Waals surface area (Å²) in [6.45, 7) is 6.52. The summed E-state index contributed by atoms with van der Waals surface area (Å²) in [5, 5.41) is 8.94. The molecule has 1 N–H and O–H groups in total. The Morgan fingerprint density at radius 2 is 1.83 bits per heavy atom. The normalized spacial score (nSPS) is 19.2. The van der Waals surface area contributed by atoms with Crippen LogP contribution in [0.3, 0.4) is 0 Å². The summed E-state index contributed by atoms with van der Waals surface area (Å²) in [5.74, 6) is 0.613. The van der Waals surface area contributed by atoms with Crippen molar-refractivity contribution in [3.05, 3.63) is 64.7 Å². The molecule has 0 amide bonds. The maximum Gasteiger partial charge on any atom is 0.307 e. The topological polar surface area (TPSA) is 46.5 Å². The van der Waals surface area contributed by atoms with Crippen LogP contribution in [0.1, 0.15) is 48.9 Å². The zero-order valence-corrected chi connectivity index (χ0v) is 14.5. The predicted molar refractivity (Wildman–Crippen MR) is 94.8 cm³/mol. The highest BCUT2D eigenvalue weighted by Gasteiger charge is 2.35. The predicted octanol–water partition coefficient (Wildman–Crippen LogP) is 4.37. The second-order valence-electron chi connectivity index (χ2n) is 7.31. The van der Waals surface area contributed by atoms with Gasteiger partial charge >= 0.3 is 5.97 Å². The van der Waals surface area contributed by atoms with Crippen LogP contribution in [0.25, 0.3) is 0 Å². The summed E-state index contributed by atoms with van der Waals surface area (Å²) < 4.78 is 6.19. The van der Waals surface area contributed by atoms with Crippen molar-refractivity contribution in [3.63, 3.8) is 0 Å². The first-order valence-corrected chi connectivity index (χ1v) is 8.46. The van der Waals surface area contributed by atoms with Crippen molar-refractivity contribution < 1.29 is 14.6 Å². The average molecular weight is 324 g/mol. The molecule has 126 valence electrons. The number of carboxylic acids is 1. The zero-order valence-electron chi connectivity index (χ0n) is 14.5. The standard InChI is InChI=1S/C21H24O3/c1-14(2)17-7-4-15(5-8-17)12-21(3)13-18-10-16(11-20(22)23)6-9-19(18)24-21/h4-10,14H,11-13H2,1-3H3,(H,22,23)/t21-/m0/s1. The molecule has 2 aromatic carbocycles. The van der Waals surface area contributed by atoms with Crippen LogP contribution in [-0.2, 0) is 24.1 Å². The van der Waals surface area contributed by atoms with Gasteiger partial charge in [-0.1, -0.05) is 50.2 Å². The minimum absolute atomic E-state index is 0.0562. The van der Waals surface area contributed by atoms with Gasteiger partial charge in [0.25, 0.3) is 0 Å². The van der Waals surface area contributed by atoms with Crippen LogP contribution in [0.15, 0.2) is 42.5 Å². The fourth-order valence-corrected chi connectivity index (χ4v) is 3.41. The number of aliphatic carboxylic acids is 1. The number of ether oxygens (including phenoxy) is 1. The van der Waals surface area contributed by atoms with Crippen LogP contribution in [-0.4, -0.2) is 16.7 Å². The molecule has 3 nitrogen and oxygen atoms in total. The molecular weight excluding hydrogens is 300 g/mol. The Kier molecular flexibility index (Phi) is 4.35. The van der Waals surface area contributed by atoms with E-state index in [0.717, 1.165) is 29.7 Å². The molecule has 1 aliphatic rings. The molecule has 2 aromatic rings. The van der Waals surface area contributed by atoms with Crippen molar-refractivity contribution in [1.82, 2.24) is 0 Å². The second kappa shape index (κ2) is 6.31. The van der Waals surface area contributed by atoms with Crippen molar-refractivity contribution in [3.8, 4) is 5.75 Å². The average Bonchev–Trinajstić information content (AvgIpc) is 2.82. The lowest BCUT2D eigenvalue weighted by Gasteiger charge is -2.24. The number of rotatable bonds is 5. The summed E-state index contributed by atoms with van der Waals surface area (Å²) in [6, 6.07) is 14.5. The SMILES string of the molecule is CC(C)c1ccc(C[C@@]2(C)Cc3cc(CC(=O)O)ccc3O2)cc1. The van der Waals surface area contributed by atoms with E-state index in [1.54, 1.807) is 0 Å². The summed E-state index contributed by atoms with van der Waals surface area (Å²) >= 11 is 0. The number of hydrogen-bond acceptors (Lipinski definition) is 2. The van der Waals surface area contributed by atoms with Gasteiger partial charge in [-0.3, -0.25) is 4.79 Å². The van der Waals surface area contributed by atoms with Crippen LogP contribution < -0.4 is 4.74 Å². The summed E-state index contributed by atoms with van der Waals surface area (Å²) in [6.07, 6.45) is 1.71. The Balaban J connectivity index is 1.74. The van der Waals surface area contributed by atoms with E-state index in [1.165, 1.54) is 11.1 Å². The molecule has 24 heavy (non-hydrogen) atoms. The molecule has 0 spiro atoms. The number of hydrogen-bond donors (Lipinski definition) is 1. The second-order valence-corrected chi connectivity index (χ2v) is 7.31. The zero-order chi connectivity index (χ0) is 17.3. The molecule has 0 radical (unpaired) electrons. The molecule has 0 bridgehead atoms. The molecule has 1 atom stereocenters. The van der Waals surface area contributed by atoms with Crippen molar-refractivity contribution in [2.45, 2.75) is 51.6 Å². The van der Waals surface area contributed by atoms with E-state index >= 15 is 0 Å². The van der Waals surface area contributed by atoms with Gasteiger partial charge in [-0.2, -0.15) is 0 Å². The number of carboxylic acid groups (broad SMARTS) is 1. The Bertz CT molecular complexity index is 746. The Morgan fingerprint density at radius 1 is 1.17 bits per heavy atom. The van der Waals surface area contributed by atoms with E-state index in [0.29, 0.717) is 5.92 Å². The van der Waals surface area contributed by atoms with Crippen molar-refractivity contribution in [2.75, 3.05) is 0 Å². The first kappa shape index (κ1) is 16.6. The van der Waals surface area contributed by atoms with Crippen LogP contribution >= 0.6 is 0 Å². The van der Waals surface area contributed by atoms with E-state index in [2.05, 4.69) is 45.0 Å². The van der Waals surface area contributed by atoms with Gasteiger partial charge in [0.05, 0.1) is 6.42 Å². The molecule has 3 rings (SSSR count). The summed E-state index contributed by atoms with van der Waals surface area (Å²) in [7, 11) is 0. The van der Waals surface area contributed by atoms with E-state index in [9.17, 15) is 4.79 Å². The fraction of sp³-hybridized carbons (Fsp3) is 0.381. The summed E-state index contributed by atoms with van der Waals surface area (Å²) in [4.78, 5) is 10.9. The lowest BCUT2D eigenvalue weighted by Crippen LogP contribution is -2.32. The van der Waals surface area contributed by atoms with Crippen LogP contribution in [0.5, 0.6) is 5.75 Å². The van der Waals surface area contributed by atoms with Crippen LogP contribution in [0, 0.1) is 0 Å². The monoisotopic (exact) mass is 324 g/mol. The van der Waals surface area contributed by atoms with E-state index in [-0.39, 0.29) is 12.0 Å². The highest BCUT2D eigenvalue weighted by Crippen LogP contribution is 2.37. The van der Waals surface area contributed by atoms with Gasteiger partial charge in [0.2, 0.25) is 0 Å². The maximum absolute atomic E-state index is 10.9. The molecule has 3 heteroatoms. The number of benzene rings is 2. The Labute approximate surface area is 143 Å². The van der Waals surface area contributed by atoms with Crippen molar-refractivity contribution >= 4 is 5.97 Å². The van der Waals surface area contributed by atoms with Gasteiger partial charge in [0, 0.05) is 12.8 Å². The van der Waals surface area contributed by atoms with E-state index in [4.69, 9.17) is 9.84 Å². The fourth-order valence-electron chi connectivity index (χ4n) is 3.41. The Hall–Kier alpha value is -2.29. The van der Waals surface area contributed by atoms with Gasteiger partial charge in [0.1, 0.15) is 11.4 Å². The van der Waals surface area contributed by atoms with Gasteiger partial charge in [-0.15, -0.1) is 0 Å². The third kappa shape index (κ3) is 3.61. The lowest BCUT2D eigenvalue weighted by atomic mass is 9.90. The minimum Gasteiger partial charge on any atom is -0.487 e. The minimum atomic E-state index is -0.804. The Morgan fingerprint density at radius 3 is 2.46 bits per heavy atom. The first-order chi connectivity index (χ1) is 11.3. The molecule has 1 aliphatic heterocycles. The molecular formula is C21H24O3. The molecule has 0 aliphatic carbocycles. The third-order valence-electron chi connectivity index (χ3n) is 4.63. The third-order valence-corrected chi connectivity index (χ3v) is 4.63. The van der Waals surface area contributed by atoms with E-state index in [1.807, 2.05) is 18.2 Å². The molecule has 0 saturated carbocycles. The van der Waals surface area contributed by atoms with Gasteiger partial charge in [-0.25, -0.2) is 0 Å². The molecule has 0 aromatic heterocycles. The van der Waals surface area contributed by atoms with Crippen molar-refractivity contribution in [1.29, 1.82) is 0 Å². The van der Waals surface area contributed by atoms with Crippen molar-refractivity contribution in [2.24, 2.45) is 0 Å². The first-order valence-electron chi connectivity index (χ1n) is 8.46. The highest BCUT2D eigenvalue weighted by molar-refractivity contribution is 5.70. The molecule has 1 heterocycles. The molecule has 0 fully saturated rings. The molecule has 0 saturated heterocycles. The van der Waals surface area contributed by atoms with E-state index < -0.39 is 5.97 Å². The smallest absolute Gasteiger partial charge is 0.307 e. The van der Waals surface area contributed by atoms with Crippen LogP contribution in [0.2, 0.25) is 0 Å². The van der Waals surface area contributed by atoms with Gasteiger partial charge in [-0.05, 0) is 41.2 Å². The quantitative estimate of drug-likeness (QED) is 0.888. The highest BCUT2D eigenvalue weighted by atomic mass is 16.5.